The molecule has 3 aromatic rings. The van der Waals surface area contributed by atoms with Crippen LogP contribution in [0, 0.1) is 6.92 Å². The summed E-state index contributed by atoms with van der Waals surface area (Å²) in [6.45, 7) is 1.73. The molecule has 39 heavy (non-hydrogen) atoms. The number of rotatable bonds is 8. The summed E-state index contributed by atoms with van der Waals surface area (Å²) in [5.41, 5.74) is 3.27. The van der Waals surface area contributed by atoms with Crippen LogP contribution in [-0.4, -0.2) is 53.1 Å². The van der Waals surface area contributed by atoms with Crippen LogP contribution in [0.25, 0.3) is 11.1 Å². The lowest BCUT2D eigenvalue weighted by atomic mass is 9.98. The van der Waals surface area contributed by atoms with Crippen molar-refractivity contribution in [3.8, 4) is 11.1 Å². The van der Waals surface area contributed by atoms with Gasteiger partial charge in [0.05, 0.1) is 12.8 Å². The highest BCUT2D eigenvalue weighted by Crippen LogP contribution is 2.35. The van der Waals surface area contributed by atoms with Crippen molar-refractivity contribution in [2.75, 3.05) is 19.5 Å². The molecule has 3 aromatic carbocycles. The molecule has 0 spiro atoms. The fourth-order valence-corrected chi connectivity index (χ4v) is 5.77. The van der Waals surface area contributed by atoms with Gasteiger partial charge >= 0.3 is 0 Å². The fraction of sp³-hybridized carbons (Fsp3) is 0.192. The maximum Gasteiger partial charge on any atom is 0.297 e. The fourth-order valence-electron chi connectivity index (χ4n) is 4.24. The zero-order valence-electron chi connectivity index (χ0n) is 21.2. The lowest BCUT2D eigenvalue weighted by Crippen LogP contribution is -2.23. The average Bonchev–Trinajstić information content (AvgIpc) is 3.31. The molecule has 0 unspecified atom stereocenters. The molecular weight excluding hydrogens is 546 g/mol. The van der Waals surface area contributed by atoms with E-state index in [1.807, 2.05) is 0 Å². The van der Waals surface area contributed by atoms with Crippen molar-refractivity contribution in [2.45, 2.75) is 24.0 Å². The van der Waals surface area contributed by atoms with Crippen LogP contribution in [0.5, 0.6) is 0 Å². The largest absolute Gasteiger partial charge is 0.355 e. The topological polar surface area (TPSA) is 168 Å². The van der Waals surface area contributed by atoms with Crippen LogP contribution in [0.4, 0.5) is 11.4 Å². The first kappa shape index (κ1) is 28.1. The Morgan fingerprint density at radius 2 is 1.69 bits per heavy atom. The molecule has 4 rings (SSSR count). The van der Waals surface area contributed by atoms with E-state index in [1.165, 1.54) is 31.3 Å². The van der Waals surface area contributed by atoms with Crippen LogP contribution in [0.2, 0.25) is 0 Å². The molecule has 0 aliphatic carbocycles. The maximum absolute atomic E-state index is 13.0. The van der Waals surface area contributed by atoms with E-state index in [0.29, 0.717) is 22.4 Å². The number of hydrogen-bond acceptors (Lipinski definition) is 8. The Hall–Kier alpha value is -3.91. The summed E-state index contributed by atoms with van der Waals surface area (Å²) in [6, 6.07) is 13.7. The smallest absolute Gasteiger partial charge is 0.297 e. The number of anilines is 1. The normalized spacial score (nSPS) is 13.0. The molecule has 0 bridgehead atoms. The van der Waals surface area contributed by atoms with Crippen molar-refractivity contribution in [1.82, 2.24) is 5.32 Å². The van der Waals surface area contributed by atoms with Gasteiger partial charge in [0.1, 0.15) is 16.4 Å². The highest BCUT2D eigenvalue weighted by Gasteiger charge is 2.25. The van der Waals surface area contributed by atoms with Gasteiger partial charge in [-0.3, -0.25) is 18.3 Å². The summed E-state index contributed by atoms with van der Waals surface area (Å²) in [5, 5.41) is 5.18. The zero-order valence-corrected chi connectivity index (χ0v) is 22.8. The van der Waals surface area contributed by atoms with Crippen LogP contribution >= 0.6 is 0 Å². The number of hydrogen-bond donors (Lipinski definition) is 3. The van der Waals surface area contributed by atoms with Gasteiger partial charge in [-0.25, -0.2) is 4.99 Å². The number of fused-ring (bicyclic) bond motifs is 1. The van der Waals surface area contributed by atoms with Crippen molar-refractivity contribution in [1.29, 1.82) is 0 Å². The van der Waals surface area contributed by atoms with Gasteiger partial charge in [0, 0.05) is 30.3 Å². The summed E-state index contributed by atoms with van der Waals surface area (Å²) in [4.78, 5) is 28.9. The van der Waals surface area contributed by atoms with E-state index in [4.69, 9.17) is 4.18 Å². The molecule has 1 heterocycles. The van der Waals surface area contributed by atoms with Crippen LogP contribution in [-0.2, 0) is 41.4 Å². The van der Waals surface area contributed by atoms with Gasteiger partial charge in [-0.1, -0.05) is 29.8 Å². The quantitative estimate of drug-likeness (QED) is 0.274. The number of aliphatic imine (C=N–C) groups is 1. The van der Waals surface area contributed by atoms with Crippen molar-refractivity contribution in [3.05, 3.63) is 76.9 Å². The van der Waals surface area contributed by atoms with Crippen LogP contribution in [0.3, 0.4) is 0 Å². The predicted molar refractivity (Wildman–Crippen MR) is 145 cm³/mol. The number of carbonyl (C=O) groups excluding carboxylic acids is 2. The number of benzene rings is 3. The third-order valence-corrected chi connectivity index (χ3v) is 8.05. The summed E-state index contributed by atoms with van der Waals surface area (Å²) in [6.07, 6.45) is 0.176. The van der Waals surface area contributed by atoms with Crippen LogP contribution < -0.4 is 10.6 Å². The molecule has 13 heteroatoms. The highest BCUT2D eigenvalue weighted by molar-refractivity contribution is 7.87. The number of nitrogens with zero attached hydrogens (tertiary/aromatic N) is 1. The lowest BCUT2D eigenvalue weighted by molar-refractivity contribution is -0.110. The molecule has 0 saturated carbocycles. The summed E-state index contributed by atoms with van der Waals surface area (Å²) >= 11 is 0. The molecule has 0 radical (unpaired) electrons. The van der Waals surface area contributed by atoms with Gasteiger partial charge < -0.3 is 10.6 Å². The van der Waals surface area contributed by atoms with Gasteiger partial charge in [-0.2, -0.15) is 16.8 Å². The second-order valence-corrected chi connectivity index (χ2v) is 12.0. The van der Waals surface area contributed by atoms with Gasteiger partial charge in [-0.05, 0) is 53.9 Å². The SMILES string of the molecule is CNC(=O)c1ccc2c(c1)CC(C(=O)Nc1ccc(-c3ccc(C)cc3CS(=O)(=O)O)c(S(=O)(=O)OC)c1)=N2. The predicted octanol–water partition coefficient (Wildman–Crippen LogP) is 3.01. The van der Waals surface area contributed by atoms with E-state index in [9.17, 15) is 31.0 Å². The van der Waals surface area contributed by atoms with E-state index >= 15 is 0 Å². The Balaban J connectivity index is 1.68. The molecule has 11 nitrogen and oxygen atoms in total. The minimum absolute atomic E-state index is 0.126. The summed E-state index contributed by atoms with van der Waals surface area (Å²) in [7, 11) is -6.23. The van der Waals surface area contributed by atoms with Crippen molar-refractivity contribution in [3.63, 3.8) is 0 Å². The lowest BCUT2D eigenvalue weighted by Gasteiger charge is -2.15. The number of amides is 2. The Labute approximate surface area is 225 Å². The molecule has 0 aromatic heterocycles. The van der Waals surface area contributed by atoms with Gasteiger partial charge in [0.2, 0.25) is 0 Å². The Bertz CT molecular complexity index is 1750. The Morgan fingerprint density at radius 3 is 2.36 bits per heavy atom. The minimum Gasteiger partial charge on any atom is -0.355 e. The average molecular weight is 572 g/mol. The summed E-state index contributed by atoms with van der Waals surface area (Å²) < 4.78 is 63.1. The standard InChI is InChI=1S/C26H25N3O8S2/c1-15-4-7-20(18(10-15)14-38(32,33)34)21-8-6-19(13-24(21)39(35,36)37-3)28-26(31)23-12-17-11-16(25(30)27-2)5-9-22(17)29-23/h4-11,13H,12,14H2,1-3H3,(H,27,30)(H,28,31)(H,32,33,34). The van der Waals surface area contributed by atoms with Crippen molar-refractivity contribution < 1.29 is 35.2 Å². The first-order chi connectivity index (χ1) is 18.3. The third-order valence-electron chi connectivity index (χ3n) is 6.06. The van der Waals surface area contributed by atoms with Gasteiger partial charge in [0.15, 0.2) is 0 Å². The maximum atomic E-state index is 13.0. The molecule has 0 fully saturated rings. The van der Waals surface area contributed by atoms with Crippen molar-refractivity contribution >= 4 is 49.1 Å². The van der Waals surface area contributed by atoms with E-state index in [0.717, 1.165) is 7.11 Å². The third kappa shape index (κ3) is 6.23. The molecule has 1 aliphatic heterocycles. The molecule has 1 aliphatic rings. The van der Waals surface area contributed by atoms with E-state index in [2.05, 4.69) is 15.6 Å². The first-order valence-corrected chi connectivity index (χ1v) is 14.6. The molecular formula is C26H25N3O8S2. The molecule has 204 valence electrons. The number of nitrogens with one attached hydrogen (secondary N) is 2. The van der Waals surface area contributed by atoms with Crippen LogP contribution in [0.15, 0.2) is 64.5 Å². The van der Waals surface area contributed by atoms with E-state index in [-0.39, 0.29) is 45.3 Å². The second kappa shape index (κ2) is 10.7. The number of aryl methyl sites for hydroxylation is 1. The monoisotopic (exact) mass is 571 g/mol. The summed E-state index contributed by atoms with van der Waals surface area (Å²) in [5.74, 6) is -1.56. The number of carbonyl (C=O) groups is 2. The first-order valence-electron chi connectivity index (χ1n) is 11.5. The molecule has 0 atom stereocenters. The highest BCUT2D eigenvalue weighted by atomic mass is 32.2. The van der Waals surface area contributed by atoms with E-state index < -0.39 is 31.9 Å². The second-order valence-electron chi connectivity index (χ2n) is 8.83. The Morgan fingerprint density at radius 1 is 0.974 bits per heavy atom. The van der Waals surface area contributed by atoms with Crippen LogP contribution in [0.1, 0.15) is 27.0 Å². The molecule has 3 N–H and O–H groups in total. The molecule has 0 saturated heterocycles. The molecule has 2 amide bonds. The Kier molecular flexibility index (Phi) is 7.70. The van der Waals surface area contributed by atoms with Gasteiger partial charge in [-0.15, -0.1) is 0 Å². The minimum atomic E-state index is -4.42. The zero-order chi connectivity index (χ0) is 28.5. The van der Waals surface area contributed by atoms with Gasteiger partial charge in [0.25, 0.3) is 32.1 Å². The van der Waals surface area contributed by atoms with E-state index in [1.54, 1.807) is 37.3 Å². The van der Waals surface area contributed by atoms with Crippen molar-refractivity contribution in [2.24, 2.45) is 4.99 Å².